The molecule has 8 nitrogen and oxygen atoms in total. The van der Waals surface area contributed by atoms with Crippen LogP contribution in [0.4, 0.5) is 9.59 Å². The van der Waals surface area contributed by atoms with Crippen LogP contribution in [0.3, 0.4) is 0 Å². The molecule has 124 valence electrons. The van der Waals surface area contributed by atoms with Crippen LogP contribution in [0.1, 0.15) is 57.8 Å². The number of hydrogen-bond acceptors (Lipinski definition) is 4. The second kappa shape index (κ2) is 12.2. The van der Waals surface area contributed by atoms with Crippen molar-refractivity contribution < 1.29 is 9.59 Å². The average Bonchev–Trinajstić information content (AvgIpc) is 2.43. The number of carbonyl (C=O) groups excluding carboxylic acids is 2. The molecule has 0 atom stereocenters. The lowest BCUT2D eigenvalue weighted by Gasteiger charge is -2.13. The molecule has 0 fully saturated rings. The Morgan fingerprint density at radius 1 is 0.571 bits per heavy atom. The van der Waals surface area contributed by atoms with E-state index in [-0.39, 0.29) is 0 Å². The fraction of sp³-hybridized carbons (Fsp3) is 0.846. The van der Waals surface area contributed by atoms with Crippen molar-refractivity contribution in [2.75, 3.05) is 13.1 Å². The summed E-state index contributed by atoms with van der Waals surface area (Å²) in [4.78, 5) is 21.3. The van der Waals surface area contributed by atoms with Crippen molar-refractivity contribution in [2.45, 2.75) is 57.8 Å². The highest BCUT2D eigenvalue weighted by molar-refractivity contribution is 5.71. The van der Waals surface area contributed by atoms with Crippen LogP contribution >= 0.6 is 0 Å². The largest absolute Gasteiger partial charge is 0.350 e. The van der Waals surface area contributed by atoms with E-state index in [1.807, 2.05) is 0 Å². The van der Waals surface area contributed by atoms with Gasteiger partial charge in [-0.2, -0.15) is 0 Å². The lowest BCUT2D eigenvalue weighted by Crippen LogP contribution is -2.41. The van der Waals surface area contributed by atoms with Gasteiger partial charge in [0.25, 0.3) is 0 Å². The van der Waals surface area contributed by atoms with Gasteiger partial charge >= 0.3 is 12.1 Å². The number of nitrogens with zero attached hydrogens (tertiary/aromatic N) is 2. The smallest absolute Gasteiger partial charge is 0.328 e. The van der Waals surface area contributed by atoms with Crippen molar-refractivity contribution in [3.05, 3.63) is 0 Å². The molecule has 0 aromatic heterocycles. The lowest BCUT2D eigenvalue weighted by molar-refractivity contribution is 0.207. The zero-order chi connectivity index (χ0) is 16.1. The first-order chi connectivity index (χ1) is 9.95. The van der Waals surface area contributed by atoms with Crippen LogP contribution in [0.25, 0.3) is 0 Å². The Balaban J connectivity index is 3.19. The minimum atomic E-state index is -0.581. The number of hydrogen-bond donors (Lipinski definition) is 4. The first kappa shape index (κ1) is 19.5. The molecule has 21 heavy (non-hydrogen) atoms. The number of hydrazine groups is 2. The second-order valence-electron chi connectivity index (χ2n) is 5.25. The third kappa shape index (κ3) is 11.9. The lowest BCUT2D eigenvalue weighted by atomic mass is 10.1. The predicted octanol–water partition coefficient (Wildman–Crippen LogP) is 1.01. The number of carbonyl (C=O) groups is 2. The highest BCUT2D eigenvalue weighted by Gasteiger charge is 2.03. The highest BCUT2D eigenvalue weighted by atomic mass is 16.2. The summed E-state index contributed by atoms with van der Waals surface area (Å²) in [5.41, 5.74) is 10.0. The Morgan fingerprint density at radius 2 is 0.810 bits per heavy atom. The minimum absolute atomic E-state index is 0.519. The van der Waals surface area contributed by atoms with Crippen LogP contribution < -0.4 is 23.2 Å². The second-order valence-corrected chi connectivity index (χ2v) is 5.25. The Bertz CT molecular complexity index is 272. The standard InChI is InChI=1S/C13H30N6O2/c14-12(20)18(16)10-8-6-4-2-1-3-5-7-9-11-19(17)13(15)21/h1-11,16-17H2,(H2,14,20)(H2,15,21). The molecule has 0 bridgehead atoms. The molecule has 8 N–H and O–H groups in total. The Labute approximate surface area is 126 Å². The van der Waals surface area contributed by atoms with Gasteiger partial charge in [0.1, 0.15) is 0 Å². The summed E-state index contributed by atoms with van der Waals surface area (Å²) in [6.07, 6.45) is 9.75. The Hall–Kier alpha value is -1.54. The molecule has 8 heteroatoms. The van der Waals surface area contributed by atoms with Crippen LogP contribution in [0, 0.1) is 0 Å². The third-order valence-electron chi connectivity index (χ3n) is 3.36. The van der Waals surface area contributed by atoms with Gasteiger partial charge in [-0.3, -0.25) is 10.0 Å². The van der Waals surface area contributed by atoms with Crippen molar-refractivity contribution in [1.29, 1.82) is 0 Å². The fourth-order valence-corrected chi connectivity index (χ4v) is 2.02. The maximum Gasteiger partial charge on any atom is 0.328 e. The molecule has 0 rings (SSSR count). The topological polar surface area (TPSA) is 145 Å². The van der Waals surface area contributed by atoms with E-state index in [1.54, 1.807) is 0 Å². The van der Waals surface area contributed by atoms with Crippen molar-refractivity contribution >= 4 is 12.1 Å². The van der Waals surface area contributed by atoms with Crippen molar-refractivity contribution in [1.82, 2.24) is 10.0 Å². The number of rotatable bonds is 12. The van der Waals surface area contributed by atoms with Gasteiger partial charge in [-0.05, 0) is 12.8 Å². The molecular formula is C13H30N6O2. The van der Waals surface area contributed by atoms with Crippen molar-refractivity contribution in [3.63, 3.8) is 0 Å². The van der Waals surface area contributed by atoms with Crippen LogP contribution in [0.2, 0.25) is 0 Å². The number of unbranched alkanes of at least 4 members (excludes halogenated alkanes) is 8. The van der Waals surface area contributed by atoms with Crippen LogP contribution in [-0.4, -0.2) is 35.2 Å². The molecule has 0 aromatic rings. The predicted molar refractivity (Wildman–Crippen MR) is 82.5 cm³/mol. The van der Waals surface area contributed by atoms with Crippen LogP contribution in [0.15, 0.2) is 0 Å². The van der Waals surface area contributed by atoms with E-state index >= 15 is 0 Å². The molecular weight excluding hydrogens is 272 g/mol. The first-order valence-corrected chi connectivity index (χ1v) is 7.58. The molecule has 0 heterocycles. The summed E-state index contributed by atoms with van der Waals surface area (Å²) in [6.45, 7) is 1.04. The summed E-state index contributed by atoms with van der Waals surface area (Å²) in [5.74, 6) is 10.8. The zero-order valence-corrected chi connectivity index (χ0v) is 12.8. The summed E-state index contributed by atoms with van der Waals surface area (Å²) >= 11 is 0. The summed E-state index contributed by atoms with van der Waals surface area (Å²) in [7, 11) is 0. The minimum Gasteiger partial charge on any atom is -0.350 e. The molecule has 4 amide bonds. The quantitative estimate of drug-likeness (QED) is 0.184. The summed E-state index contributed by atoms with van der Waals surface area (Å²) < 4.78 is 0. The SMILES string of the molecule is NC(=O)N(N)CCCCCCCCCCCN(N)C(N)=O. The van der Waals surface area contributed by atoms with E-state index < -0.39 is 12.1 Å². The molecule has 0 saturated heterocycles. The van der Waals surface area contributed by atoms with Gasteiger partial charge in [0.15, 0.2) is 0 Å². The fourth-order valence-electron chi connectivity index (χ4n) is 2.02. The average molecular weight is 302 g/mol. The van der Waals surface area contributed by atoms with Gasteiger partial charge in [-0.1, -0.05) is 44.9 Å². The van der Waals surface area contributed by atoms with Crippen molar-refractivity contribution in [3.8, 4) is 0 Å². The molecule has 0 saturated carbocycles. The monoisotopic (exact) mass is 302 g/mol. The van der Waals surface area contributed by atoms with Gasteiger partial charge in [0, 0.05) is 13.1 Å². The summed E-state index contributed by atoms with van der Waals surface area (Å²) in [5, 5.41) is 2.10. The van der Waals surface area contributed by atoms with E-state index in [9.17, 15) is 9.59 Å². The molecule has 0 aromatic carbocycles. The first-order valence-electron chi connectivity index (χ1n) is 7.58. The van der Waals surface area contributed by atoms with Crippen LogP contribution in [-0.2, 0) is 0 Å². The van der Waals surface area contributed by atoms with E-state index in [4.69, 9.17) is 23.2 Å². The Kier molecular flexibility index (Phi) is 11.3. The molecule has 0 aliphatic carbocycles. The van der Waals surface area contributed by atoms with Gasteiger partial charge in [0.05, 0.1) is 0 Å². The molecule has 0 radical (unpaired) electrons. The van der Waals surface area contributed by atoms with Gasteiger partial charge in [-0.15, -0.1) is 0 Å². The number of urea groups is 2. The zero-order valence-electron chi connectivity index (χ0n) is 12.8. The number of nitrogens with two attached hydrogens (primary N) is 4. The van der Waals surface area contributed by atoms with E-state index in [0.29, 0.717) is 13.1 Å². The van der Waals surface area contributed by atoms with Crippen LogP contribution in [0.5, 0.6) is 0 Å². The maximum absolute atomic E-state index is 10.7. The van der Waals surface area contributed by atoms with E-state index in [0.717, 1.165) is 48.5 Å². The number of amides is 4. The third-order valence-corrected chi connectivity index (χ3v) is 3.36. The number of primary amides is 2. The molecule has 0 aliphatic rings. The van der Waals surface area contributed by atoms with Crippen molar-refractivity contribution in [2.24, 2.45) is 23.2 Å². The highest BCUT2D eigenvalue weighted by Crippen LogP contribution is 2.09. The maximum atomic E-state index is 10.7. The molecule has 0 aliphatic heterocycles. The van der Waals surface area contributed by atoms with Gasteiger partial charge < -0.3 is 11.5 Å². The van der Waals surface area contributed by atoms with Gasteiger partial charge in [0.2, 0.25) is 0 Å². The molecule has 0 spiro atoms. The Morgan fingerprint density at radius 3 is 1.05 bits per heavy atom. The van der Waals surface area contributed by atoms with Gasteiger partial charge in [-0.25, -0.2) is 21.3 Å². The molecule has 0 unspecified atom stereocenters. The normalized spacial score (nSPS) is 10.4. The summed E-state index contributed by atoms with van der Waals surface area (Å²) in [6, 6.07) is -1.16. The van der Waals surface area contributed by atoms with E-state index in [2.05, 4.69) is 0 Å². The van der Waals surface area contributed by atoms with E-state index in [1.165, 1.54) is 19.3 Å².